The van der Waals surface area contributed by atoms with E-state index in [2.05, 4.69) is 25.5 Å². The van der Waals surface area contributed by atoms with E-state index in [0.29, 0.717) is 0 Å². The summed E-state index contributed by atoms with van der Waals surface area (Å²) in [7, 11) is 1.67. The standard InChI is InChI=1S/C14H18BrN3O/c1-10(16)5-12-8-18(9-17-12)7-11-6-13(19-2)3-4-14(11)15/h3-4,6,8-10H,5,7,16H2,1-2H3. The number of hydrogen-bond donors (Lipinski definition) is 1. The van der Waals surface area contributed by atoms with Gasteiger partial charge in [0.15, 0.2) is 0 Å². The van der Waals surface area contributed by atoms with Crippen LogP contribution in [0.25, 0.3) is 0 Å². The minimum atomic E-state index is 0.131. The number of nitrogens with two attached hydrogens (primary N) is 1. The number of benzene rings is 1. The molecule has 0 radical (unpaired) electrons. The largest absolute Gasteiger partial charge is 0.497 e. The Morgan fingerprint density at radius 2 is 2.26 bits per heavy atom. The zero-order valence-electron chi connectivity index (χ0n) is 11.1. The molecule has 5 heteroatoms. The normalized spacial score (nSPS) is 12.4. The lowest BCUT2D eigenvalue weighted by atomic mass is 10.2. The van der Waals surface area contributed by atoms with E-state index >= 15 is 0 Å². The lowest BCUT2D eigenvalue weighted by Gasteiger charge is -2.08. The molecule has 1 atom stereocenters. The van der Waals surface area contributed by atoms with E-state index in [0.717, 1.165) is 34.4 Å². The van der Waals surface area contributed by atoms with Gasteiger partial charge >= 0.3 is 0 Å². The number of hydrogen-bond acceptors (Lipinski definition) is 3. The van der Waals surface area contributed by atoms with E-state index in [1.165, 1.54) is 0 Å². The summed E-state index contributed by atoms with van der Waals surface area (Å²) in [6.07, 6.45) is 4.67. The zero-order valence-corrected chi connectivity index (χ0v) is 12.7. The molecule has 0 bridgehead atoms. The Morgan fingerprint density at radius 3 is 2.95 bits per heavy atom. The van der Waals surface area contributed by atoms with Gasteiger partial charge in [0.05, 0.1) is 19.1 Å². The fourth-order valence-corrected chi connectivity index (χ4v) is 2.30. The number of aromatic nitrogens is 2. The van der Waals surface area contributed by atoms with Crippen molar-refractivity contribution in [2.24, 2.45) is 5.73 Å². The minimum absolute atomic E-state index is 0.131. The first-order valence-electron chi connectivity index (χ1n) is 6.17. The summed E-state index contributed by atoms with van der Waals surface area (Å²) in [5, 5.41) is 0. The van der Waals surface area contributed by atoms with Crippen LogP contribution in [0, 0.1) is 0 Å². The first-order valence-corrected chi connectivity index (χ1v) is 6.96. The number of rotatable bonds is 5. The van der Waals surface area contributed by atoms with Gasteiger partial charge in [-0.25, -0.2) is 4.98 Å². The minimum Gasteiger partial charge on any atom is -0.497 e. The fraction of sp³-hybridized carbons (Fsp3) is 0.357. The van der Waals surface area contributed by atoms with Crippen molar-refractivity contribution in [3.8, 4) is 5.75 Å². The molecule has 0 spiro atoms. The van der Waals surface area contributed by atoms with Gasteiger partial charge in [-0.2, -0.15) is 0 Å². The van der Waals surface area contributed by atoms with Crippen molar-refractivity contribution in [3.63, 3.8) is 0 Å². The number of imidazole rings is 1. The highest BCUT2D eigenvalue weighted by molar-refractivity contribution is 9.10. The predicted octanol–water partition coefficient (Wildman–Crippen LogP) is 2.59. The molecule has 0 aliphatic heterocycles. The van der Waals surface area contributed by atoms with Crippen molar-refractivity contribution in [2.75, 3.05) is 7.11 Å². The van der Waals surface area contributed by atoms with Crippen LogP contribution in [0.15, 0.2) is 35.2 Å². The molecule has 1 heterocycles. The number of ether oxygens (including phenoxy) is 1. The SMILES string of the molecule is COc1ccc(Br)c(Cn2cnc(CC(C)N)c2)c1. The monoisotopic (exact) mass is 323 g/mol. The van der Waals surface area contributed by atoms with E-state index in [4.69, 9.17) is 10.5 Å². The fourth-order valence-electron chi connectivity index (χ4n) is 1.92. The van der Waals surface area contributed by atoms with Crippen molar-refractivity contribution in [1.29, 1.82) is 0 Å². The summed E-state index contributed by atoms with van der Waals surface area (Å²) >= 11 is 3.55. The van der Waals surface area contributed by atoms with E-state index in [9.17, 15) is 0 Å². The van der Waals surface area contributed by atoms with Gasteiger partial charge in [-0.1, -0.05) is 15.9 Å². The molecule has 0 aliphatic carbocycles. The summed E-state index contributed by atoms with van der Waals surface area (Å²) < 4.78 is 8.36. The molecule has 0 fully saturated rings. The van der Waals surface area contributed by atoms with Crippen LogP contribution in [0.4, 0.5) is 0 Å². The van der Waals surface area contributed by atoms with Gasteiger partial charge in [0.1, 0.15) is 5.75 Å². The molecule has 0 saturated carbocycles. The Balaban J connectivity index is 2.14. The molecule has 2 N–H and O–H groups in total. The molecule has 19 heavy (non-hydrogen) atoms. The molecule has 0 saturated heterocycles. The predicted molar refractivity (Wildman–Crippen MR) is 79.4 cm³/mol. The molecule has 1 aromatic heterocycles. The van der Waals surface area contributed by atoms with E-state index in [-0.39, 0.29) is 6.04 Å². The third-order valence-electron chi connectivity index (χ3n) is 2.82. The van der Waals surface area contributed by atoms with Crippen LogP contribution in [0.2, 0.25) is 0 Å². The summed E-state index contributed by atoms with van der Waals surface area (Å²) in [6, 6.07) is 6.08. The Hall–Kier alpha value is -1.33. The molecule has 102 valence electrons. The van der Waals surface area contributed by atoms with Crippen LogP contribution >= 0.6 is 15.9 Å². The summed E-state index contributed by atoms with van der Waals surface area (Å²) in [6.45, 7) is 2.74. The first-order chi connectivity index (χ1) is 9.08. The van der Waals surface area contributed by atoms with Crippen LogP contribution in [0.3, 0.4) is 0 Å². The number of methoxy groups -OCH3 is 1. The lowest BCUT2D eigenvalue weighted by Crippen LogP contribution is -2.17. The maximum absolute atomic E-state index is 5.77. The third kappa shape index (κ3) is 3.81. The highest BCUT2D eigenvalue weighted by Gasteiger charge is 2.06. The summed E-state index contributed by atoms with van der Waals surface area (Å²) in [5.74, 6) is 0.856. The van der Waals surface area contributed by atoms with Gasteiger partial charge < -0.3 is 15.0 Å². The van der Waals surface area contributed by atoms with Gasteiger partial charge in [0.25, 0.3) is 0 Å². The topological polar surface area (TPSA) is 53.1 Å². The van der Waals surface area contributed by atoms with Crippen LogP contribution in [0.1, 0.15) is 18.2 Å². The van der Waals surface area contributed by atoms with E-state index < -0.39 is 0 Å². The van der Waals surface area contributed by atoms with E-state index in [1.54, 1.807) is 7.11 Å². The summed E-state index contributed by atoms with van der Waals surface area (Å²) in [5.41, 5.74) is 7.95. The third-order valence-corrected chi connectivity index (χ3v) is 3.60. The Labute approximate surface area is 121 Å². The average molecular weight is 324 g/mol. The van der Waals surface area contributed by atoms with Gasteiger partial charge in [-0.3, -0.25) is 0 Å². The number of nitrogens with zero attached hydrogens (tertiary/aromatic N) is 2. The van der Waals surface area contributed by atoms with Crippen LogP contribution in [-0.2, 0) is 13.0 Å². The van der Waals surface area contributed by atoms with Crippen LogP contribution in [-0.4, -0.2) is 22.7 Å². The number of halogens is 1. The van der Waals surface area contributed by atoms with Crippen LogP contribution in [0.5, 0.6) is 5.75 Å². The molecule has 2 rings (SSSR count). The summed E-state index contributed by atoms with van der Waals surface area (Å²) in [4.78, 5) is 4.36. The molecular formula is C14H18BrN3O. The molecule has 2 aromatic rings. The Morgan fingerprint density at radius 1 is 1.47 bits per heavy atom. The van der Waals surface area contributed by atoms with Crippen molar-refractivity contribution in [2.45, 2.75) is 25.9 Å². The lowest BCUT2D eigenvalue weighted by molar-refractivity contribution is 0.414. The van der Waals surface area contributed by atoms with Gasteiger partial charge in [0.2, 0.25) is 0 Å². The first kappa shape index (κ1) is 14.1. The van der Waals surface area contributed by atoms with E-state index in [1.807, 2.05) is 37.6 Å². The average Bonchev–Trinajstić information content (AvgIpc) is 2.78. The molecule has 0 aliphatic rings. The highest BCUT2D eigenvalue weighted by atomic mass is 79.9. The zero-order chi connectivity index (χ0) is 13.8. The van der Waals surface area contributed by atoms with Crippen molar-refractivity contribution in [1.82, 2.24) is 9.55 Å². The molecule has 1 aromatic carbocycles. The van der Waals surface area contributed by atoms with Crippen molar-refractivity contribution >= 4 is 15.9 Å². The maximum Gasteiger partial charge on any atom is 0.119 e. The molecule has 1 unspecified atom stereocenters. The quantitative estimate of drug-likeness (QED) is 0.920. The van der Waals surface area contributed by atoms with Crippen LogP contribution < -0.4 is 10.5 Å². The van der Waals surface area contributed by atoms with Crippen molar-refractivity contribution < 1.29 is 4.74 Å². The van der Waals surface area contributed by atoms with Gasteiger partial charge in [0, 0.05) is 29.7 Å². The van der Waals surface area contributed by atoms with Gasteiger partial charge in [-0.15, -0.1) is 0 Å². The Bertz CT molecular complexity index is 551. The second kappa shape index (κ2) is 6.21. The van der Waals surface area contributed by atoms with Gasteiger partial charge in [-0.05, 0) is 30.7 Å². The molecule has 4 nitrogen and oxygen atoms in total. The van der Waals surface area contributed by atoms with Crippen molar-refractivity contribution in [3.05, 3.63) is 46.5 Å². The molecular weight excluding hydrogens is 306 g/mol. The smallest absolute Gasteiger partial charge is 0.119 e. The molecule has 0 amide bonds. The maximum atomic E-state index is 5.77. The highest BCUT2D eigenvalue weighted by Crippen LogP contribution is 2.23. The Kier molecular flexibility index (Phi) is 4.61. The second-order valence-electron chi connectivity index (χ2n) is 4.68. The second-order valence-corrected chi connectivity index (χ2v) is 5.53.